The van der Waals surface area contributed by atoms with E-state index in [1.165, 1.54) is 12.1 Å². The van der Waals surface area contributed by atoms with E-state index in [0.717, 1.165) is 11.6 Å². The van der Waals surface area contributed by atoms with Crippen LogP contribution in [0.3, 0.4) is 0 Å². The Labute approximate surface area is 80.8 Å². The molecule has 0 aromatic heterocycles. The summed E-state index contributed by atoms with van der Waals surface area (Å²) in [6.07, 6.45) is 0. The van der Waals surface area contributed by atoms with E-state index in [9.17, 15) is 8.78 Å². The quantitative estimate of drug-likeness (QED) is 0.644. The van der Waals surface area contributed by atoms with Crippen LogP contribution in [0.1, 0.15) is 0 Å². The first-order chi connectivity index (χ1) is 6.75. The number of rotatable bonds is 1. The lowest BCUT2D eigenvalue weighted by molar-refractivity contribution is 0.584. The molecule has 0 amide bonds. The SMILES string of the molecule is Fc1cc(F)cc(-c2cc[c]cc2)c1. The minimum absolute atomic E-state index is 0.538. The van der Waals surface area contributed by atoms with E-state index in [4.69, 9.17) is 0 Å². The maximum atomic E-state index is 12.9. The van der Waals surface area contributed by atoms with Gasteiger partial charge in [0.15, 0.2) is 0 Å². The maximum absolute atomic E-state index is 12.9. The molecular formula is C12H7F2. The van der Waals surface area contributed by atoms with Crippen molar-refractivity contribution in [1.82, 2.24) is 0 Å². The van der Waals surface area contributed by atoms with Crippen LogP contribution in [0.25, 0.3) is 11.1 Å². The van der Waals surface area contributed by atoms with Crippen LogP contribution in [-0.2, 0) is 0 Å². The van der Waals surface area contributed by atoms with Crippen LogP contribution in [0.15, 0.2) is 42.5 Å². The molecule has 2 rings (SSSR count). The molecule has 0 aliphatic rings. The van der Waals surface area contributed by atoms with Gasteiger partial charge in [-0.1, -0.05) is 24.3 Å². The number of halogens is 2. The third-order valence-corrected chi connectivity index (χ3v) is 1.91. The first-order valence-corrected chi connectivity index (χ1v) is 4.18. The molecule has 0 heterocycles. The molecule has 0 saturated heterocycles. The minimum atomic E-state index is -0.562. The van der Waals surface area contributed by atoms with Crippen molar-refractivity contribution in [1.29, 1.82) is 0 Å². The second kappa shape index (κ2) is 3.58. The largest absolute Gasteiger partial charge is 0.207 e. The summed E-state index contributed by atoms with van der Waals surface area (Å²) < 4.78 is 25.7. The van der Waals surface area contributed by atoms with Gasteiger partial charge in [-0.05, 0) is 29.3 Å². The molecule has 2 aromatic carbocycles. The van der Waals surface area contributed by atoms with Gasteiger partial charge in [-0.3, -0.25) is 0 Å². The summed E-state index contributed by atoms with van der Waals surface area (Å²) in [4.78, 5) is 0. The van der Waals surface area contributed by atoms with Gasteiger partial charge in [0.25, 0.3) is 0 Å². The fraction of sp³-hybridized carbons (Fsp3) is 0. The van der Waals surface area contributed by atoms with Crippen LogP contribution >= 0.6 is 0 Å². The topological polar surface area (TPSA) is 0 Å². The van der Waals surface area contributed by atoms with E-state index in [2.05, 4.69) is 6.07 Å². The summed E-state index contributed by atoms with van der Waals surface area (Å²) in [6.45, 7) is 0. The van der Waals surface area contributed by atoms with Gasteiger partial charge in [-0.15, -0.1) is 0 Å². The van der Waals surface area contributed by atoms with Crippen LogP contribution < -0.4 is 0 Å². The van der Waals surface area contributed by atoms with Crippen molar-refractivity contribution in [3.8, 4) is 11.1 Å². The molecule has 0 N–H and O–H groups in total. The second-order valence-electron chi connectivity index (χ2n) is 2.95. The summed E-state index contributed by atoms with van der Waals surface area (Å²) in [5, 5.41) is 0. The highest BCUT2D eigenvalue weighted by Gasteiger charge is 2.01. The van der Waals surface area contributed by atoms with Crippen molar-refractivity contribution < 1.29 is 8.78 Å². The van der Waals surface area contributed by atoms with Gasteiger partial charge in [0.2, 0.25) is 0 Å². The predicted octanol–water partition coefficient (Wildman–Crippen LogP) is 3.43. The highest BCUT2D eigenvalue weighted by atomic mass is 19.1. The van der Waals surface area contributed by atoms with Crippen molar-refractivity contribution in [2.75, 3.05) is 0 Å². The van der Waals surface area contributed by atoms with Gasteiger partial charge in [-0.25, -0.2) is 8.78 Å². The molecule has 0 bridgehead atoms. The Morgan fingerprint density at radius 3 is 1.93 bits per heavy atom. The van der Waals surface area contributed by atoms with Crippen LogP contribution in [0.5, 0.6) is 0 Å². The lowest BCUT2D eigenvalue weighted by Gasteiger charge is -2.01. The van der Waals surface area contributed by atoms with E-state index >= 15 is 0 Å². The predicted molar refractivity (Wildman–Crippen MR) is 50.6 cm³/mol. The summed E-state index contributed by atoms with van der Waals surface area (Å²) in [5.74, 6) is -1.12. The lowest BCUT2D eigenvalue weighted by Crippen LogP contribution is -1.83. The van der Waals surface area contributed by atoms with Crippen molar-refractivity contribution in [2.24, 2.45) is 0 Å². The first kappa shape index (κ1) is 8.88. The fourth-order valence-electron chi connectivity index (χ4n) is 1.30. The van der Waals surface area contributed by atoms with Gasteiger partial charge >= 0.3 is 0 Å². The normalized spacial score (nSPS) is 10.1. The van der Waals surface area contributed by atoms with Crippen LogP contribution in [-0.4, -0.2) is 0 Å². The molecule has 0 nitrogen and oxygen atoms in total. The summed E-state index contributed by atoms with van der Waals surface area (Å²) in [7, 11) is 0. The Bertz CT molecular complexity index is 415. The highest BCUT2D eigenvalue weighted by molar-refractivity contribution is 5.63. The van der Waals surface area contributed by atoms with Crippen molar-refractivity contribution in [3.05, 3.63) is 60.2 Å². The van der Waals surface area contributed by atoms with Gasteiger partial charge in [-0.2, -0.15) is 0 Å². The zero-order valence-electron chi connectivity index (χ0n) is 7.30. The molecule has 0 fully saturated rings. The van der Waals surface area contributed by atoms with Gasteiger partial charge in [0.05, 0.1) is 0 Å². The Balaban J connectivity index is 2.52. The molecular weight excluding hydrogens is 182 g/mol. The molecule has 2 heteroatoms. The minimum Gasteiger partial charge on any atom is -0.207 e. The molecule has 0 saturated carbocycles. The Morgan fingerprint density at radius 1 is 0.786 bits per heavy atom. The number of benzene rings is 2. The van der Waals surface area contributed by atoms with E-state index in [1.54, 1.807) is 24.3 Å². The van der Waals surface area contributed by atoms with Gasteiger partial charge in [0, 0.05) is 6.07 Å². The lowest BCUT2D eigenvalue weighted by atomic mass is 10.1. The van der Waals surface area contributed by atoms with E-state index in [1.807, 2.05) is 0 Å². The van der Waals surface area contributed by atoms with Crippen molar-refractivity contribution in [2.45, 2.75) is 0 Å². The zero-order valence-corrected chi connectivity index (χ0v) is 7.30. The molecule has 1 radical (unpaired) electrons. The van der Waals surface area contributed by atoms with E-state index in [0.29, 0.717) is 5.56 Å². The van der Waals surface area contributed by atoms with Crippen LogP contribution in [0, 0.1) is 17.7 Å². The highest BCUT2D eigenvalue weighted by Crippen LogP contribution is 2.20. The zero-order chi connectivity index (χ0) is 9.97. The molecule has 69 valence electrons. The second-order valence-corrected chi connectivity index (χ2v) is 2.95. The van der Waals surface area contributed by atoms with Gasteiger partial charge in [0.1, 0.15) is 11.6 Å². The third-order valence-electron chi connectivity index (χ3n) is 1.91. The van der Waals surface area contributed by atoms with Crippen molar-refractivity contribution in [3.63, 3.8) is 0 Å². The number of hydrogen-bond donors (Lipinski definition) is 0. The molecule has 14 heavy (non-hydrogen) atoms. The first-order valence-electron chi connectivity index (χ1n) is 4.18. The van der Waals surface area contributed by atoms with E-state index < -0.39 is 11.6 Å². The Morgan fingerprint density at radius 2 is 1.36 bits per heavy atom. The molecule has 2 aromatic rings. The van der Waals surface area contributed by atoms with Crippen LogP contribution in [0.4, 0.5) is 8.78 Å². The summed E-state index contributed by atoms with van der Waals surface area (Å²) >= 11 is 0. The Kier molecular flexibility index (Phi) is 2.27. The van der Waals surface area contributed by atoms with Crippen LogP contribution in [0.2, 0.25) is 0 Å². The number of hydrogen-bond acceptors (Lipinski definition) is 0. The summed E-state index contributed by atoms with van der Waals surface area (Å²) in [5.41, 5.74) is 1.32. The smallest absolute Gasteiger partial charge is 0.126 e. The Hall–Kier alpha value is -1.70. The van der Waals surface area contributed by atoms with E-state index in [-0.39, 0.29) is 0 Å². The average molecular weight is 189 g/mol. The third kappa shape index (κ3) is 1.79. The summed E-state index contributed by atoms with van der Waals surface area (Å²) in [6, 6.07) is 13.2. The molecule has 0 aliphatic carbocycles. The van der Waals surface area contributed by atoms with Gasteiger partial charge < -0.3 is 0 Å². The standard InChI is InChI=1S/C12H7F2/c13-11-6-10(7-12(14)8-11)9-4-2-1-3-5-9/h2-8H. The molecule has 0 atom stereocenters. The molecule has 0 unspecified atom stereocenters. The van der Waals surface area contributed by atoms with Crippen molar-refractivity contribution >= 4 is 0 Å². The average Bonchev–Trinajstić information content (AvgIpc) is 2.18. The fourth-order valence-corrected chi connectivity index (χ4v) is 1.30. The molecule has 0 spiro atoms. The molecule has 0 aliphatic heterocycles. The maximum Gasteiger partial charge on any atom is 0.126 e. The monoisotopic (exact) mass is 189 g/mol.